The van der Waals surface area contributed by atoms with Gasteiger partial charge in [-0.1, -0.05) is 36.2 Å². The number of hydrogen-bond donors (Lipinski definition) is 2. The normalized spacial score (nSPS) is 12.2. The molecule has 1 aromatic rings. The molecule has 94 valence electrons. The van der Waals surface area contributed by atoms with Crippen LogP contribution in [0.3, 0.4) is 0 Å². The highest BCUT2D eigenvalue weighted by Gasteiger charge is 2.09. The molecule has 1 unspecified atom stereocenters. The van der Waals surface area contributed by atoms with Crippen molar-refractivity contribution in [2.24, 2.45) is 11.7 Å². The Labute approximate surface area is 111 Å². The minimum absolute atomic E-state index is 0.0319. The number of benzene rings is 1. The van der Waals surface area contributed by atoms with Gasteiger partial charge in [0, 0.05) is 4.47 Å². The Balaban J connectivity index is 2.73. The van der Waals surface area contributed by atoms with Crippen LogP contribution in [0.25, 0.3) is 0 Å². The number of amidine groups is 1. The van der Waals surface area contributed by atoms with Gasteiger partial charge in [0.1, 0.15) is 11.6 Å². The lowest BCUT2D eigenvalue weighted by Gasteiger charge is -2.14. The second-order valence-corrected chi connectivity index (χ2v) is 5.17. The first kappa shape index (κ1) is 14.0. The molecule has 0 amide bonds. The molecule has 0 aliphatic rings. The van der Waals surface area contributed by atoms with Crippen LogP contribution in [0.2, 0.25) is 0 Å². The van der Waals surface area contributed by atoms with Crippen molar-refractivity contribution in [2.45, 2.75) is 26.7 Å². The molecule has 0 saturated carbocycles. The fourth-order valence-electron chi connectivity index (χ4n) is 1.65. The molecular formula is C13H19BrN2O. The summed E-state index contributed by atoms with van der Waals surface area (Å²) in [6, 6.07) is 5.55. The third-order valence-electron chi connectivity index (χ3n) is 2.54. The molecule has 0 bridgehead atoms. The van der Waals surface area contributed by atoms with Gasteiger partial charge in [0.25, 0.3) is 0 Å². The minimum Gasteiger partial charge on any atom is -0.493 e. The summed E-state index contributed by atoms with van der Waals surface area (Å²) in [7, 11) is 0. The molecule has 0 fully saturated rings. The molecule has 0 radical (unpaired) electrons. The first-order chi connectivity index (χ1) is 8.04. The number of halogens is 1. The number of hydrogen-bond acceptors (Lipinski definition) is 2. The maximum atomic E-state index is 7.52. The lowest BCUT2D eigenvalue weighted by atomic mass is 10.1. The monoisotopic (exact) mass is 298 g/mol. The van der Waals surface area contributed by atoms with Gasteiger partial charge in [0.15, 0.2) is 0 Å². The summed E-state index contributed by atoms with van der Waals surface area (Å²) in [6.07, 6.45) is 2.30. The number of nitrogens with one attached hydrogen (secondary N) is 1. The topological polar surface area (TPSA) is 59.1 Å². The van der Waals surface area contributed by atoms with Crippen molar-refractivity contribution in [1.29, 1.82) is 5.41 Å². The highest BCUT2D eigenvalue weighted by Crippen LogP contribution is 2.23. The molecule has 0 heterocycles. The van der Waals surface area contributed by atoms with Gasteiger partial charge in [-0.05, 0) is 30.5 Å². The molecule has 0 aromatic heterocycles. The van der Waals surface area contributed by atoms with Crippen LogP contribution in [-0.4, -0.2) is 12.4 Å². The van der Waals surface area contributed by atoms with Crippen LogP contribution in [0.15, 0.2) is 22.7 Å². The Kier molecular flexibility index (Phi) is 5.48. The van der Waals surface area contributed by atoms with E-state index in [1.54, 1.807) is 0 Å². The van der Waals surface area contributed by atoms with Crippen LogP contribution in [0.4, 0.5) is 0 Å². The third kappa shape index (κ3) is 4.38. The van der Waals surface area contributed by atoms with Crippen molar-refractivity contribution in [3.8, 4) is 5.75 Å². The molecule has 0 saturated heterocycles. The number of nitrogens with two attached hydrogens (primary N) is 1. The summed E-state index contributed by atoms with van der Waals surface area (Å²) in [5.74, 6) is 1.23. The first-order valence-corrected chi connectivity index (χ1v) is 6.60. The predicted molar refractivity (Wildman–Crippen MR) is 74.7 cm³/mol. The van der Waals surface area contributed by atoms with Crippen LogP contribution in [-0.2, 0) is 0 Å². The summed E-state index contributed by atoms with van der Waals surface area (Å²) in [6.45, 7) is 4.99. The molecular weight excluding hydrogens is 280 g/mol. The minimum atomic E-state index is 0.0319. The van der Waals surface area contributed by atoms with Gasteiger partial charge in [0.05, 0.1) is 12.2 Å². The van der Waals surface area contributed by atoms with E-state index in [0.29, 0.717) is 23.8 Å². The molecule has 3 nitrogen and oxygen atoms in total. The average molecular weight is 299 g/mol. The van der Waals surface area contributed by atoms with Crippen LogP contribution in [0.5, 0.6) is 5.75 Å². The number of nitrogen functional groups attached to an aromatic ring is 1. The zero-order valence-corrected chi connectivity index (χ0v) is 11.9. The molecule has 3 N–H and O–H groups in total. The third-order valence-corrected chi connectivity index (χ3v) is 3.03. The van der Waals surface area contributed by atoms with E-state index in [0.717, 1.165) is 17.3 Å². The van der Waals surface area contributed by atoms with Crippen LogP contribution in [0, 0.1) is 11.3 Å². The summed E-state index contributed by atoms with van der Waals surface area (Å²) >= 11 is 3.36. The highest BCUT2D eigenvalue weighted by molar-refractivity contribution is 9.10. The van der Waals surface area contributed by atoms with Crippen molar-refractivity contribution in [3.05, 3.63) is 28.2 Å². The van der Waals surface area contributed by atoms with Gasteiger partial charge in [0.2, 0.25) is 0 Å². The van der Waals surface area contributed by atoms with Gasteiger partial charge in [-0.2, -0.15) is 0 Å². The van der Waals surface area contributed by atoms with Gasteiger partial charge >= 0.3 is 0 Å². The Morgan fingerprint density at radius 3 is 2.82 bits per heavy atom. The van der Waals surface area contributed by atoms with Crippen molar-refractivity contribution >= 4 is 21.8 Å². The van der Waals surface area contributed by atoms with E-state index in [1.807, 2.05) is 18.2 Å². The van der Waals surface area contributed by atoms with E-state index < -0.39 is 0 Å². The molecule has 1 atom stereocenters. The van der Waals surface area contributed by atoms with Crippen molar-refractivity contribution in [3.63, 3.8) is 0 Å². The lowest BCUT2D eigenvalue weighted by Crippen LogP contribution is -2.15. The quantitative estimate of drug-likeness (QED) is 0.623. The molecule has 0 spiro atoms. The molecule has 4 heteroatoms. The van der Waals surface area contributed by atoms with Crippen molar-refractivity contribution in [1.82, 2.24) is 0 Å². The van der Waals surface area contributed by atoms with E-state index >= 15 is 0 Å². The van der Waals surface area contributed by atoms with E-state index in [2.05, 4.69) is 29.8 Å². The smallest absolute Gasteiger partial charge is 0.130 e. The van der Waals surface area contributed by atoms with Gasteiger partial charge in [-0.15, -0.1) is 0 Å². The standard InChI is InChI=1S/C13H19BrN2O/c1-3-4-9(2)8-17-12-6-5-10(14)7-11(12)13(15)16/h5-7,9H,3-4,8H2,1-2H3,(H3,15,16). The average Bonchev–Trinajstić information content (AvgIpc) is 2.27. The molecule has 0 aliphatic carbocycles. The van der Waals surface area contributed by atoms with Crippen molar-refractivity contribution in [2.75, 3.05) is 6.61 Å². The Morgan fingerprint density at radius 2 is 2.24 bits per heavy atom. The zero-order chi connectivity index (χ0) is 12.8. The second kappa shape index (κ2) is 6.64. The van der Waals surface area contributed by atoms with Crippen LogP contribution in [0.1, 0.15) is 32.3 Å². The summed E-state index contributed by atoms with van der Waals surface area (Å²) in [5.41, 5.74) is 6.17. The van der Waals surface area contributed by atoms with Gasteiger partial charge < -0.3 is 10.5 Å². The van der Waals surface area contributed by atoms with E-state index in [4.69, 9.17) is 15.9 Å². The van der Waals surface area contributed by atoms with E-state index in [1.165, 1.54) is 0 Å². The Hall–Kier alpha value is -1.03. The van der Waals surface area contributed by atoms with E-state index in [-0.39, 0.29) is 5.84 Å². The Morgan fingerprint density at radius 1 is 1.53 bits per heavy atom. The largest absolute Gasteiger partial charge is 0.493 e. The maximum Gasteiger partial charge on any atom is 0.130 e. The van der Waals surface area contributed by atoms with Crippen molar-refractivity contribution < 1.29 is 4.74 Å². The highest BCUT2D eigenvalue weighted by atomic mass is 79.9. The summed E-state index contributed by atoms with van der Waals surface area (Å²) in [5, 5.41) is 7.52. The second-order valence-electron chi connectivity index (χ2n) is 4.26. The molecule has 1 rings (SSSR count). The SMILES string of the molecule is CCCC(C)COc1ccc(Br)cc1C(=N)N. The fraction of sp³-hybridized carbons (Fsp3) is 0.462. The fourth-order valence-corrected chi connectivity index (χ4v) is 2.01. The lowest BCUT2D eigenvalue weighted by molar-refractivity contribution is 0.251. The molecule has 1 aromatic carbocycles. The summed E-state index contributed by atoms with van der Waals surface area (Å²) < 4.78 is 6.63. The maximum absolute atomic E-state index is 7.52. The van der Waals surface area contributed by atoms with Gasteiger partial charge in [-0.3, -0.25) is 5.41 Å². The zero-order valence-electron chi connectivity index (χ0n) is 10.3. The van der Waals surface area contributed by atoms with Gasteiger partial charge in [-0.25, -0.2) is 0 Å². The van der Waals surface area contributed by atoms with Crippen LogP contribution < -0.4 is 10.5 Å². The molecule has 0 aliphatic heterocycles. The Bertz CT molecular complexity index is 393. The first-order valence-electron chi connectivity index (χ1n) is 5.81. The predicted octanol–water partition coefficient (Wildman–Crippen LogP) is 3.55. The number of ether oxygens (including phenoxy) is 1. The summed E-state index contributed by atoms with van der Waals surface area (Å²) in [4.78, 5) is 0. The molecule has 17 heavy (non-hydrogen) atoms. The van der Waals surface area contributed by atoms with E-state index in [9.17, 15) is 0 Å². The number of rotatable bonds is 6. The van der Waals surface area contributed by atoms with Crippen LogP contribution >= 0.6 is 15.9 Å².